The fraction of sp³-hybridized carbons (Fsp3) is 0.400. The molecule has 0 spiro atoms. The first-order chi connectivity index (χ1) is 10.4. The van der Waals surface area contributed by atoms with Crippen molar-refractivity contribution in [3.8, 4) is 11.5 Å². The van der Waals surface area contributed by atoms with Crippen LogP contribution in [0.3, 0.4) is 0 Å². The number of urea groups is 1. The number of imide groups is 1. The van der Waals surface area contributed by atoms with Gasteiger partial charge in [-0.25, -0.2) is 4.79 Å². The summed E-state index contributed by atoms with van der Waals surface area (Å²) in [6.07, 6.45) is 1.73. The molecule has 1 unspecified atom stereocenters. The summed E-state index contributed by atoms with van der Waals surface area (Å²) in [5.41, 5.74) is -0.583. The molecule has 1 aromatic carbocycles. The number of amides is 3. The van der Waals surface area contributed by atoms with E-state index in [0.717, 1.165) is 5.01 Å². The number of phenols is 1. The lowest BCUT2D eigenvalue weighted by atomic mass is 10.00. The van der Waals surface area contributed by atoms with Gasteiger partial charge in [-0.3, -0.25) is 4.79 Å². The first-order valence-corrected chi connectivity index (χ1v) is 7.08. The third-order valence-electron chi connectivity index (χ3n) is 3.59. The summed E-state index contributed by atoms with van der Waals surface area (Å²) in [7, 11) is 0. The normalized spacial score (nSPS) is 21.5. The minimum absolute atomic E-state index is 0.0848. The van der Waals surface area contributed by atoms with E-state index in [1.54, 1.807) is 32.0 Å². The Labute approximate surface area is 128 Å². The molecule has 1 aromatic rings. The van der Waals surface area contributed by atoms with Crippen molar-refractivity contribution in [3.63, 3.8) is 0 Å². The molecule has 7 heteroatoms. The zero-order valence-corrected chi connectivity index (χ0v) is 12.8. The summed E-state index contributed by atoms with van der Waals surface area (Å²) in [5.74, 6) is -0.183. The number of para-hydroxylation sites is 1. The highest BCUT2D eigenvalue weighted by Crippen LogP contribution is 2.29. The SMILES string of the molecule is CCOc1cccc(C=NN2C(=O)NC(C)(CC)C2=O)c1O. The fourth-order valence-electron chi connectivity index (χ4n) is 2.05. The van der Waals surface area contributed by atoms with Crippen molar-refractivity contribution in [1.29, 1.82) is 0 Å². The van der Waals surface area contributed by atoms with Crippen LogP contribution in [0.25, 0.3) is 0 Å². The molecule has 22 heavy (non-hydrogen) atoms. The average Bonchev–Trinajstić information content (AvgIpc) is 2.71. The van der Waals surface area contributed by atoms with Gasteiger partial charge >= 0.3 is 6.03 Å². The van der Waals surface area contributed by atoms with Crippen molar-refractivity contribution in [2.75, 3.05) is 6.61 Å². The highest BCUT2D eigenvalue weighted by atomic mass is 16.5. The maximum absolute atomic E-state index is 12.2. The molecule has 118 valence electrons. The minimum atomic E-state index is -0.941. The number of aromatic hydroxyl groups is 1. The highest BCUT2D eigenvalue weighted by molar-refractivity contribution is 6.07. The second kappa shape index (κ2) is 6.05. The van der Waals surface area contributed by atoms with Crippen LogP contribution in [0.2, 0.25) is 0 Å². The van der Waals surface area contributed by atoms with Crippen molar-refractivity contribution in [1.82, 2.24) is 10.3 Å². The van der Waals surface area contributed by atoms with Crippen LogP contribution < -0.4 is 10.1 Å². The van der Waals surface area contributed by atoms with E-state index in [9.17, 15) is 14.7 Å². The molecule has 1 saturated heterocycles. The third kappa shape index (κ3) is 2.74. The van der Waals surface area contributed by atoms with Crippen LogP contribution in [-0.4, -0.2) is 40.4 Å². The molecular formula is C15H19N3O4. The van der Waals surface area contributed by atoms with Crippen molar-refractivity contribution < 1.29 is 19.4 Å². The number of nitrogens with zero attached hydrogens (tertiary/aromatic N) is 2. The number of phenolic OH excluding ortho intramolecular Hbond substituents is 1. The summed E-state index contributed by atoms with van der Waals surface area (Å²) in [6.45, 7) is 5.67. The van der Waals surface area contributed by atoms with Gasteiger partial charge in [-0.1, -0.05) is 13.0 Å². The summed E-state index contributed by atoms with van der Waals surface area (Å²) in [6, 6.07) is 4.34. The molecule has 1 fully saturated rings. The van der Waals surface area contributed by atoms with Gasteiger partial charge in [-0.15, -0.1) is 5.01 Å². The standard InChI is InChI=1S/C15H19N3O4/c1-4-15(3)13(20)18(14(21)17-15)16-9-10-7-6-8-11(12(10)19)22-5-2/h6-9,19H,4-5H2,1-3H3,(H,17,21). The molecule has 2 N–H and O–H groups in total. The van der Waals surface area contributed by atoms with Gasteiger partial charge in [0, 0.05) is 5.56 Å². The molecule has 1 atom stereocenters. The van der Waals surface area contributed by atoms with E-state index in [1.807, 2.05) is 6.92 Å². The van der Waals surface area contributed by atoms with Gasteiger partial charge < -0.3 is 15.2 Å². The number of hydrazone groups is 1. The average molecular weight is 305 g/mol. The zero-order chi connectivity index (χ0) is 16.3. The van der Waals surface area contributed by atoms with Crippen LogP contribution in [0.15, 0.2) is 23.3 Å². The van der Waals surface area contributed by atoms with Gasteiger partial charge in [0.1, 0.15) is 5.54 Å². The van der Waals surface area contributed by atoms with Crippen LogP contribution in [0, 0.1) is 0 Å². The molecule has 0 saturated carbocycles. The Morgan fingerprint density at radius 2 is 2.14 bits per heavy atom. The summed E-state index contributed by atoms with van der Waals surface area (Å²) >= 11 is 0. The molecule has 7 nitrogen and oxygen atoms in total. The predicted molar refractivity (Wildman–Crippen MR) is 80.9 cm³/mol. The lowest BCUT2D eigenvalue weighted by molar-refractivity contribution is -0.130. The predicted octanol–water partition coefficient (Wildman–Crippen LogP) is 1.85. The van der Waals surface area contributed by atoms with Gasteiger partial charge in [0.15, 0.2) is 11.5 Å². The Kier molecular flexibility index (Phi) is 4.35. The van der Waals surface area contributed by atoms with E-state index in [1.165, 1.54) is 6.21 Å². The molecule has 1 aliphatic heterocycles. The van der Waals surface area contributed by atoms with E-state index in [2.05, 4.69) is 10.4 Å². The first-order valence-electron chi connectivity index (χ1n) is 7.08. The Morgan fingerprint density at radius 3 is 2.73 bits per heavy atom. The van der Waals surface area contributed by atoms with Crippen molar-refractivity contribution in [2.45, 2.75) is 32.7 Å². The van der Waals surface area contributed by atoms with E-state index < -0.39 is 17.5 Å². The van der Waals surface area contributed by atoms with Gasteiger partial charge in [-0.2, -0.15) is 5.10 Å². The molecule has 0 bridgehead atoms. The largest absolute Gasteiger partial charge is 0.504 e. The topological polar surface area (TPSA) is 91.2 Å². The maximum atomic E-state index is 12.2. The first kappa shape index (κ1) is 15.8. The smallest absolute Gasteiger partial charge is 0.346 e. The summed E-state index contributed by atoms with van der Waals surface area (Å²) < 4.78 is 5.27. The Balaban J connectivity index is 2.24. The zero-order valence-electron chi connectivity index (χ0n) is 12.8. The Hall–Kier alpha value is -2.57. The second-order valence-electron chi connectivity index (χ2n) is 5.10. The highest BCUT2D eigenvalue weighted by Gasteiger charge is 2.46. The van der Waals surface area contributed by atoms with Gasteiger partial charge in [-0.05, 0) is 32.4 Å². The number of benzene rings is 1. The molecular weight excluding hydrogens is 286 g/mol. The molecule has 0 radical (unpaired) electrons. The van der Waals surface area contributed by atoms with Crippen molar-refractivity contribution in [2.24, 2.45) is 5.10 Å². The number of rotatable bonds is 5. The lowest BCUT2D eigenvalue weighted by Crippen LogP contribution is -2.42. The number of nitrogens with one attached hydrogen (secondary N) is 1. The van der Waals surface area contributed by atoms with Crippen molar-refractivity contribution >= 4 is 18.2 Å². The second-order valence-corrected chi connectivity index (χ2v) is 5.10. The van der Waals surface area contributed by atoms with Crippen LogP contribution in [0.4, 0.5) is 4.79 Å². The van der Waals surface area contributed by atoms with Crippen LogP contribution in [0.5, 0.6) is 11.5 Å². The summed E-state index contributed by atoms with van der Waals surface area (Å²) in [4.78, 5) is 24.0. The monoisotopic (exact) mass is 305 g/mol. The molecule has 0 aliphatic carbocycles. The Morgan fingerprint density at radius 1 is 1.41 bits per heavy atom. The van der Waals surface area contributed by atoms with Gasteiger partial charge in [0.25, 0.3) is 5.91 Å². The quantitative estimate of drug-likeness (QED) is 0.641. The number of hydrogen-bond acceptors (Lipinski definition) is 5. The molecule has 0 aromatic heterocycles. The fourth-order valence-corrected chi connectivity index (χ4v) is 2.05. The van der Waals surface area contributed by atoms with Crippen LogP contribution in [0.1, 0.15) is 32.8 Å². The minimum Gasteiger partial charge on any atom is -0.504 e. The maximum Gasteiger partial charge on any atom is 0.346 e. The molecule has 2 rings (SSSR count). The third-order valence-corrected chi connectivity index (χ3v) is 3.59. The van der Waals surface area contributed by atoms with E-state index >= 15 is 0 Å². The van der Waals surface area contributed by atoms with E-state index in [0.29, 0.717) is 24.3 Å². The summed E-state index contributed by atoms with van der Waals surface area (Å²) in [5, 5.41) is 17.3. The van der Waals surface area contributed by atoms with Crippen LogP contribution in [-0.2, 0) is 4.79 Å². The van der Waals surface area contributed by atoms with Crippen molar-refractivity contribution in [3.05, 3.63) is 23.8 Å². The number of ether oxygens (including phenoxy) is 1. The van der Waals surface area contributed by atoms with Crippen LogP contribution >= 0.6 is 0 Å². The molecule has 1 heterocycles. The Bertz CT molecular complexity index is 629. The van der Waals surface area contributed by atoms with E-state index in [4.69, 9.17) is 4.74 Å². The van der Waals surface area contributed by atoms with Gasteiger partial charge in [0.2, 0.25) is 0 Å². The molecule has 3 amide bonds. The molecule has 1 aliphatic rings. The number of hydrogen-bond donors (Lipinski definition) is 2. The van der Waals surface area contributed by atoms with Gasteiger partial charge in [0.05, 0.1) is 12.8 Å². The number of carbonyl (C=O) groups excluding carboxylic acids is 2. The van der Waals surface area contributed by atoms with E-state index in [-0.39, 0.29) is 5.75 Å². The number of carbonyl (C=O) groups is 2. The lowest BCUT2D eigenvalue weighted by Gasteiger charge is -2.17.